The normalized spacial score (nSPS) is 12.1. The molecule has 0 amide bonds. The van der Waals surface area contributed by atoms with E-state index in [-0.39, 0.29) is 19.0 Å². The average Bonchev–Trinajstić information content (AvgIpc) is 2.98. The van der Waals surface area contributed by atoms with Crippen LogP contribution in [0, 0.1) is 0 Å². The predicted molar refractivity (Wildman–Crippen MR) is 113 cm³/mol. The van der Waals surface area contributed by atoms with Crippen molar-refractivity contribution in [3.05, 3.63) is 58.7 Å². The number of hydrogen-bond acceptors (Lipinski definition) is 7. The van der Waals surface area contributed by atoms with Crippen LogP contribution in [-0.4, -0.2) is 82.0 Å². The fraction of sp³-hybridized carbons (Fsp3) is 0.348. The molecule has 7 nitrogen and oxygen atoms in total. The van der Waals surface area contributed by atoms with Crippen LogP contribution < -0.4 is 0 Å². The monoisotopic (exact) mass is 410 g/mol. The Morgan fingerprint density at radius 1 is 0.700 bits per heavy atom. The van der Waals surface area contributed by atoms with E-state index in [2.05, 4.69) is 0 Å². The number of rotatable bonds is 8. The van der Waals surface area contributed by atoms with E-state index in [1.165, 1.54) is 0 Å². The standard InChI is InChI=1S/C23H26N2O5/c1-24(2)9-11-29-22(27)15-5-7-17-18-8-6-16(23(28)30-12-10-25(3)4)14-20(18)21(26)19(17)13-15/h5-8,13-14H,9-12H2,1-4H3. The molecule has 1 aliphatic rings. The zero-order chi connectivity index (χ0) is 21.8. The molecule has 30 heavy (non-hydrogen) atoms. The molecule has 1 aliphatic carbocycles. The molecular weight excluding hydrogens is 384 g/mol. The Hall–Kier alpha value is -3.03. The van der Waals surface area contributed by atoms with Crippen LogP contribution in [0.25, 0.3) is 11.1 Å². The Morgan fingerprint density at radius 3 is 1.47 bits per heavy atom. The van der Waals surface area contributed by atoms with Gasteiger partial charge in [0.1, 0.15) is 13.2 Å². The number of benzene rings is 2. The van der Waals surface area contributed by atoms with Gasteiger partial charge >= 0.3 is 11.9 Å². The van der Waals surface area contributed by atoms with Crippen LogP contribution in [0.1, 0.15) is 36.6 Å². The fourth-order valence-electron chi connectivity index (χ4n) is 3.14. The highest BCUT2D eigenvalue weighted by atomic mass is 16.5. The summed E-state index contributed by atoms with van der Waals surface area (Å²) in [6.45, 7) is 1.79. The van der Waals surface area contributed by atoms with Crippen molar-refractivity contribution >= 4 is 17.7 Å². The summed E-state index contributed by atoms with van der Waals surface area (Å²) in [4.78, 5) is 41.3. The minimum Gasteiger partial charge on any atom is -0.461 e. The zero-order valence-electron chi connectivity index (χ0n) is 17.7. The SMILES string of the molecule is CN(C)CCOC(=O)c1ccc2c(c1)C(=O)c1cc(C(=O)OCCN(C)C)ccc1-2. The van der Waals surface area contributed by atoms with Gasteiger partial charge in [-0.25, -0.2) is 9.59 Å². The summed E-state index contributed by atoms with van der Waals surface area (Å²) in [7, 11) is 7.58. The minimum absolute atomic E-state index is 0.217. The number of hydrogen-bond donors (Lipinski definition) is 0. The predicted octanol–water partition coefficient (Wildman–Crippen LogP) is 2.33. The maximum Gasteiger partial charge on any atom is 0.338 e. The van der Waals surface area contributed by atoms with Crippen LogP contribution >= 0.6 is 0 Å². The molecule has 0 saturated carbocycles. The molecule has 0 bridgehead atoms. The van der Waals surface area contributed by atoms with Crippen LogP contribution in [0.15, 0.2) is 36.4 Å². The molecule has 0 radical (unpaired) electrons. The lowest BCUT2D eigenvalue weighted by Crippen LogP contribution is -2.20. The van der Waals surface area contributed by atoms with Gasteiger partial charge in [-0.05, 0) is 63.6 Å². The molecule has 0 atom stereocenters. The first kappa shape index (κ1) is 21.7. The van der Waals surface area contributed by atoms with E-state index < -0.39 is 11.9 Å². The van der Waals surface area contributed by atoms with Gasteiger partial charge in [-0.3, -0.25) is 4.79 Å². The molecule has 0 spiro atoms. The molecule has 0 heterocycles. The van der Waals surface area contributed by atoms with Gasteiger partial charge < -0.3 is 19.3 Å². The third-order valence-corrected chi connectivity index (χ3v) is 4.83. The van der Waals surface area contributed by atoms with Gasteiger partial charge in [0, 0.05) is 24.2 Å². The number of fused-ring (bicyclic) bond motifs is 3. The molecule has 7 heteroatoms. The first-order valence-corrected chi connectivity index (χ1v) is 9.75. The van der Waals surface area contributed by atoms with Crippen LogP contribution in [0.4, 0.5) is 0 Å². The first-order valence-electron chi connectivity index (χ1n) is 9.75. The van der Waals surface area contributed by atoms with E-state index >= 15 is 0 Å². The maximum absolute atomic E-state index is 12.9. The van der Waals surface area contributed by atoms with Crippen molar-refractivity contribution in [1.82, 2.24) is 9.80 Å². The highest BCUT2D eigenvalue weighted by molar-refractivity contribution is 6.22. The van der Waals surface area contributed by atoms with Crippen LogP contribution in [0.3, 0.4) is 0 Å². The second-order valence-electron chi connectivity index (χ2n) is 7.73. The van der Waals surface area contributed by atoms with E-state index in [9.17, 15) is 14.4 Å². The van der Waals surface area contributed by atoms with Gasteiger partial charge in [0.15, 0.2) is 5.78 Å². The molecule has 0 aromatic heterocycles. The third kappa shape index (κ3) is 4.75. The number of nitrogens with zero attached hydrogens (tertiary/aromatic N) is 2. The molecule has 0 N–H and O–H groups in total. The lowest BCUT2D eigenvalue weighted by molar-refractivity contribution is 0.0472. The Morgan fingerprint density at radius 2 is 1.10 bits per heavy atom. The van der Waals surface area contributed by atoms with E-state index in [1.54, 1.807) is 36.4 Å². The van der Waals surface area contributed by atoms with Crippen molar-refractivity contribution in [1.29, 1.82) is 0 Å². The number of carbonyl (C=O) groups is 3. The highest BCUT2D eigenvalue weighted by Crippen LogP contribution is 2.37. The molecule has 0 fully saturated rings. The number of ether oxygens (including phenoxy) is 2. The largest absolute Gasteiger partial charge is 0.461 e. The molecule has 158 valence electrons. The Labute approximate surface area is 176 Å². The lowest BCUT2D eigenvalue weighted by Gasteiger charge is -2.10. The topological polar surface area (TPSA) is 76.1 Å². The smallest absolute Gasteiger partial charge is 0.338 e. The number of carbonyl (C=O) groups excluding carboxylic acids is 3. The summed E-state index contributed by atoms with van der Waals surface area (Å²) < 4.78 is 10.5. The van der Waals surface area contributed by atoms with Crippen molar-refractivity contribution in [2.45, 2.75) is 0 Å². The van der Waals surface area contributed by atoms with Crippen molar-refractivity contribution in [2.75, 3.05) is 54.5 Å². The lowest BCUT2D eigenvalue weighted by atomic mass is 10.0. The molecule has 2 aromatic rings. The maximum atomic E-state index is 12.9. The highest BCUT2D eigenvalue weighted by Gasteiger charge is 2.29. The van der Waals surface area contributed by atoms with Gasteiger partial charge in [-0.15, -0.1) is 0 Å². The van der Waals surface area contributed by atoms with Gasteiger partial charge in [0.2, 0.25) is 0 Å². The number of ketones is 1. The fourth-order valence-corrected chi connectivity index (χ4v) is 3.14. The summed E-state index contributed by atoms with van der Waals surface area (Å²) >= 11 is 0. The van der Waals surface area contributed by atoms with Gasteiger partial charge in [0.05, 0.1) is 11.1 Å². The summed E-state index contributed by atoms with van der Waals surface area (Å²) in [6.07, 6.45) is 0. The quantitative estimate of drug-likeness (QED) is 0.528. The second kappa shape index (κ2) is 9.19. The Bertz CT molecular complexity index is 904. The van der Waals surface area contributed by atoms with E-state index in [1.807, 2.05) is 38.0 Å². The Balaban J connectivity index is 1.76. The molecular formula is C23H26N2O5. The average molecular weight is 410 g/mol. The first-order chi connectivity index (χ1) is 14.3. The minimum atomic E-state index is -0.464. The summed E-state index contributed by atoms with van der Waals surface area (Å²) in [5.74, 6) is -1.15. The van der Waals surface area contributed by atoms with Crippen molar-refractivity contribution in [3.8, 4) is 11.1 Å². The molecule has 0 unspecified atom stereocenters. The third-order valence-electron chi connectivity index (χ3n) is 4.83. The Kier molecular flexibility index (Phi) is 6.64. The van der Waals surface area contributed by atoms with Crippen LogP contribution in [0.5, 0.6) is 0 Å². The summed E-state index contributed by atoms with van der Waals surface area (Å²) in [5.41, 5.74) is 3.02. The number of esters is 2. The van der Waals surface area contributed by atoms with Gasteiger partial charge in [-0.2, -0.15) is 0 Å². The number of likely N-dealkylation sites (N-methyl/N-ethyl adjacent to an activating group) is 2. The molecule has 0 saturated heterocycles. The van der Waals surface area contributed by atoms with E-state index in [0.717, 1.165) is 11.1 Å². The molecule has 2 aromatic carbocycles. The van der Waals surface area contributed by atoms with E-state index in [4.69, 9.17) is 9.47 Å². The van der Waals surface area contributed by atoms with Crippen molar-refractivity contribution in [2.24, 2.45) is 0 Å². The molecule has 0 aliphatic heterocycles. The second-order valence-corrected chi connectivity index (χ2v) is 7.73. The van der Waals surface area contributed by atoms with Crippen LogP contribution in [-0.2, 0) is 9.47 Å². The zero-order valence-corrected chi connectivity index (χ0v) is 17.7. The van der Waals surface area contributed by atoms with E-state index in [0.29, 0.717) is 35.3 Å². The summed E-state index contributed by atoms with van der Waals surface area (Å²) in [5, 5.41) is 0. The van der Waals surface area contributed by atoms with Crippen molar-refractivity contribution in [3.63, 3.8) is 0 Å². The van der Waals surface area contributed by atoms with Gasteiger partial charge in [0.25, 0.3) is 0 Å². The summed E-state index contributed by atoms with van der Waals surface area (Å²) in [6, 6.07) is 9.92. The molecule has 3 rings (SSSR count). The van der Waals surface area contributed by atoms with Crippen LogP contribution in [0.2, 0.25) is 0 Å². The van der Waals surface area contributed by atoms with Gasteiger partial charge in [-0.1, -0.05) is 12.1 Å². The van der Waals surface area contributed by atoms with Crippen molar-refractivity contribution < 1.29 is 23.9 Å².